The third-order valence-corrected chi connectivity index (χ3v) is 4.75. The number of carbonyl (C=O) groups excluding carboxylic acids is 2. The number of hydrogen-bond donors (Lipinski definition) is 1. The number of hydrogen-bond acceptors (Lipinski definition) is 3. The van der Waals surface area contributed by atoms with Crippen LogP contribution in [0.5, 0.6) is 0 Å². The summed E-state index contributed by atoms with van der Waals surface area (Å²) in [6.07, 6.45) is 1.95. The molecule has 1 saturated heterocycles. The van der Waals surface area contributed by atoms with E-state index in [1.807, 2.05) is 61.5 Å². The summed E-state index contributed by atoms with van der Waals surface area (Å²) < 4.78 is 0. The lowest BCUT2D eigenvalue weighted by Crippen LogP contribution is -2.28. The lowest BCUT2D eigenvalue weighted by Gasteiger charge is -2.17. The number of nitrogens with one attached hydrogen (secondary N) is 1. The van der Waals surface area contributed by atoms with E-state index < -0.39 is 0 Å². The molecule has 130 valence electrons. The van der Waals surface area contributed by atoms with E-state index in [1.54, 1.807) is 11.1 Å². The van der Waals surface area contributed by atoms with Crippen molar-refractivity contribution in [3.63, 3.8) is 0 Å². The van der Waals surface area contributed by atoms with Gasteiger partial charge < -0.3 is 10.2 Å². The Labute approximate surface area is 151 Å². The van der Waals surface area contributed by atoms with Gasteiger partial charge in [0.2, 0.25) is 11.8 Å². The maximum Gasteiger partial charge on any atom is 0.229 e. The number of benzene rings is 2. The molecule has 0 saturated carbocycles. The number of aryl methyl sites for hydroxylation is 1. The Bertz CT molecular complexity index is 977. The van der Waals surface area contributed by atoms with Gasteiger partial charge in [0, 0.05) is 30.2 Å². The Kier molecular flexibility index (Phi) is 4.13. The zero-order valence-electron chi connectivity index (χ0n) is 14.5. The number of carbonyl (C=O) groups is 2. The number of fused-ring (bicyclic) bond motifs is 1. The summed E-state index contributed by atoms with van der Waals surface area (Å²) >= 11 is 0. The maximum atomic E-state index is 12.7. The van der Waals surface area contributed by atoms with Gasteiger partial charge in [-0.25, -0.2) is 0 Å². The van der Waals surface area contributed by atoms with Crippen LogP contribution >= 0.6 is 0 Å². The Morgan fingerprint density at radius 2 is 1.92 bits per heavy atom. The van der Waals surface area contributed by atoms with Crippen LogP contribution in [0.4, 0.5) is 11.4 Å². The molecule has 1 unspecified atom stereocenters. The first-order valence-corrected chi connectivity index (χ1v) is 8.63. The van der Waals surface area contributed by atoms with Crippen molar-refractivity contribution in [2.75, 3.05) is 16.8 Å². The van der Waals surface area contributed by atoms with Gasteiger partial charge in [-0.3, -0.25) is 14.6 Å². The van der Waals surface area contributed by atoms with E-state index in [0.29, 0.717) is 6.54 Å². The summed E-state index contributed by atoms with van der Waals surface area (Å²) in [4.78, 5) is 31.1. The first-order chi connectivity index (χ1) is 12.6. The fourth-order valence-electron chi connectivity index (χ4n) is 3.30. The number of anilines is 2. The third kappa shape index (κ3) is 3.04. The minimum absolute atomic E-state index is 0.0198. The van der Waals surface area contributed by atoms with Crippen LogP contribution in [0.2, 0.25) is 0 Å². The van der Waals surface area contributed by atoms with Crippen molar-refractivity contribution >= 4 is 34.1 Å². The molecule has 2 heterocycles. The Hall–Kier alpha value is -3.21. The van der Waals surface area contributed by atoms with E-state index in [1.165, 1.54) is 0 Å². The summed E-state index contributed by atoms with van der Waals surface area (Å²) in [5.41, 5.74) is 3.53. The molecule has 0 radical (unpaired) electrons. The SMILES string of the molecule is Cc1ccc(N2CC(C(=O)Nc3cccc4ncccc34)CC2=O)cc1. The molecule has 1 aliphatic heterocycles. The highest BCUT2D eigenvalue weighted by molar-refractivity contribution is 6.06. The zero-order valence-corrected chi connectivity index (χ0v) is 14.5. The van der Waals surface area contributed by atoms with Crippen LogP contribution in [-0.4, -0.2) is 23.3 Å². The van der Waals surface area contributed by atoms with Gasteiger partial charge in [-0.2, -0.15) is 0 Å². The largest absolute Gasteiger partial charge is 0.325 e. The third-order valence-electron chi connectivity index (χ3n) is 4.75. The Morgan fingerprint density at radius 3 is 2.73 bits per heavy atom. The highest BCUT2D eigenvalue weighted by atomic mass is 16.2. The lowest BCUT2D eigenvalue weighted by molar-refractivity contribution is -0.122. The molecule has 0 spiro atoms. The molecule has 0 bridgehead atoms. The van der Waals surface area contributed by atoms with E-state index in [-0.39, 0.29) is 24.2 Å². The molecular formula is C21H19N3O2. The van der Waals surface area contributed by atoms with E-state index in [9.17, 15) is 9.59 Å². The topological polar surface area (TPSA) is 62.3 Å². The molecule has 0 aliphatic carbocycles. The van der Waals surface area contributed by atoms with Crippen LogP contribution in [0.15, 0.2) is 60.8 Å². The molecule has 3 aromatic rings. The molecule has 5 nitrogen and oxygen atoms in total. The van der Waals surface area contributed by atoms with Gasteiger partial charge in [-0.05, 0) is 43.3 Å². The van der Waals surface area contributed by atoms with Crippen LogP contribution in [0.1, 0.15) is 12.0 Å². The minimum atomic E-state index is -0.365. The average molecular weight is 345 g/mol. The summed E-state index contributed by atoms with van der Waals surface area (Å²) in [7, 11) is 0. The van der Waals surface area contributed by atoms with Crippen molar-refractivity contribution in [1.29, 1.82) is 0 Å². The van der Waals surface area contributed by atoms with Gasteiger partial charge in [-0.1, -0.05) is 23.8 Å². The Morgan fingerprint density at radius 1 is 1.12 bits per heavy atom. The Balaban J connectivity index is 1.52. The van der Waals surface area contributed by atoms with E-state index in [0.717, 1.165) is 27.8 Å². The molecule has 2 amide bonds. The summed E-state index contributed by atoms with van der Waals surface area (Å²) in [6, 6.07) is 17.2. The lowest BCUT2D eigenvalue weighted by atomic mass is 10.1. The van der Waals surface area contributed by atoms with Gasteiger partial charge in [-0.15, -0.1) is 0 Å². The van der Waals surface area contributed by atoms with Crippen molar-refractivity contribution in [1.82, 2.24) is 4.98 Å². The number of aromatic nitrogens is 1. The van der Waals surface area contributed by atoms with E-state index >= 15 is 0 Å². The quantitative estimate of drug-likeness (QED) is 0.790. The van der Waals surface area contributed by atoms with Crippen molar-refractivity contribution in [2.45, 2.75) is 13.3 Å². The minimum Gasteiger partial charge on any atom is -0.325 e. The summed E-state index contributed by atoms with van der Waals surface area (Å²) in [5, 5.41) is 3.86. The van der Waals surface area contributed by atoms with Crippen molar-refractivity contribution in [2.24, 2.45) is 5.92 Å². The molecule has 1 atom stereocenters. The molecule has 5 heteroatoms. The fraction of sp³-hybridized carbons (Fsp3) is 0.190. The summed E-state index contributed by atoms with van der Waals surface area (Å²) in [5.74, 6) is -0.520. The predicted octanol–water partition coefficient (Wildman–Crippen LogP) is 3.53. The van der Waals surface area contributed by atoms with Gasteiger partial charge >= 0.3 is 0 Å². The molecule has 1 aromatic heterocycles. The highest BCUT2D eigenvalue weighted by Crippen LogP contribution is 2.27. The average Bonchev–Trinajstić information content (AvgIpc) is 3.05. The summed E-state index contributed by atoms with van der Waals surface area (Å²) in [6.45, 7) is 2.40. The van der Waals surface area contributed by atoms with Gasteiger partial charge in [0.05, 0.1) is 17.1 Å². The molecule has 4 rings (SSSR count). The predicted molar refractivity (Wildman–Crippen MR) is 102 cm³/mol. The van der Waals surface area contributed by atoms with Crippen LogP contribution in [-0.2, 0) is 9.59 Å². The number of amides is 2. The second-order valence-corrected chi connectivity index (χ2v) is 6.61. The number of pyridine rings is 1. The van der Waals surface area contributed by atoms with Crippen LogP contribution < -0.4 is 10.2 Å². The number of nitrogens with zero attached hydrogens (tertiary/aromatic N) is 2. The van der Waals surface area contributed by atoms with Crippen LogP contribution in [0.3, 0.4) is 0 Å². The second-order valence-electron chi connectivity index (χ2n) is 6.61. The van der Waals surface area contributed by atoms with E-state index in [2.05, 4.69) is 10.3 Å². The standard InChI is InChI=1S/C21H19N3O2/c1-14-7-9-16(10-8-14)24-13-15(12-20(24)25)21(26)23-19-6-2-5-18-17(19)4-3-11-22-18/h2-11,15H,12-13H2,1H3,(H,23,26). The first kappa shape index (κ1) is 16.3. The second kappa shape index (κ2) is 6.59. The first-order valence-electron chi connectivity index (χ1n) is 8.63. The normalized spacial score (nSPS) is 16.9. The van der Waals surface area contributed by atoms with Crippen molar-refractivity contribution in [3.05, 3.63) is 66.4 Å². The van der Waals surface area contributed by atoms with Crippen molar-refractivity contribution < 1.29 is 9.59 Å². The van der Waals surface area contributed by atoms with E-state index in [4.69, 9.17) is 0 Å². The zero-order chi connectivity index (χ0) is 18.1. The highest BCUT2D eigenvalue weighted by Gasteiger charge is 2.35. The molecule has 2 aromatic carbocycles. The molecule has 1 aliphatic rings. The number of rotatable bonds is 3. The fourth-order valence-corrected chi connectivity index (χ4v) is 3.30. The van der Waals surface area contributed by atoms with Gasteiger partial charge in [0.1, 0.15) is 0 Å². The van der Waals surface area contributed by atoms with Crippen LogP contribution in [0, 0.1) is 12.8 Å². The van der Waals surface area contributed by atoms with Crippen molar-refractivity contribution in [3.8, 4) is 0 Å². The van der Waals surface area contributed by atoms with Gasteiger partial charge in [0.25, 0.3) is 0 Å². The molecular weight excluding hydrogens is 326 g/mol. The van der Waals surface area contributed by atoms with Gasteiger partial charge in [0.15, 0.2) is 0 Å². The monoisotopic (exact) mass is 345 g/mol. The molecule has 1 fully saturated rings. The molecule has 26 heavy (non-hydrogen) atoms. The molecule has 1 N–H and O–H groups in total. The maximum absolute atomic E-state index is 12.7. The van der Waals surface area contributed by atoms with Crippen LogP contribution in [0.25, 0.3) is 10.9 Å². The smallest absolute Gasteiger partial charge is 0.229 e.